The average Bonchev–Trinajstić information content (AvgIpc) is 3.05. The lowest BCUT2D eigenvalue weighted by Gasteiger charge is -2.17. The maximum absolute atomic E-state index is 13.9. The maximum Gasteiger partial charge on any atom is 0.268 e. The third-order valence-electron chi connectivity index (χ3n) is 4.05. The smallest absolute Gasteiger partial charge is 0.268 e. The second-order valence-corrected chi connectivity index (χ2v) is 6.62. The molecule has 0 unspecified atom stereocenters. The van der Waals surface area contributed by atoms with Gasteiger partial charge >= 0.3 is 0 Å². The van der Waals surface area contributed by atoms with Gasteiger partial charge in [-0.05, 0) is 30.3 Å². The molecule has 0 bridgehead atoms. The largest absolute Gasteiger partial charge is 0.488 e. The Kier molecular flexibility index (Phi) is 3.58. The van der Waals surface area contributed by atoms with Gasteiger partial charge in [0.2, 0.25) is 0 Å². The fourth-order valence-corrected chi connectivity index (χ4v) is 3.98. The quantitative estimate of drug-likeness (QED) is 0.676. The van der Waals surface area contributed by atoms with Gasteiger partial charge in [0.15, 0.2) is 0 Å². The van der Waals surface area contributed by atoms with E-state index in [1.807, 2.05) is 30.3 Å². The number of anilines is 1. The molecule has 1 aliphatic heterocycles. The van der Waals surface area contributed by atoms with E-state index in [0.717, 1.165) is 21.8 Å². The Labute approximate surface area is 142 Å². The third kappa shape index (κ3) is 2.37. The minimum absolute atomic E-state index is 0.225. The van der Waals surface area contributed by atoms with Crippen LogP contribution >= 0.6 is 11.3 Å². The first-order valence-corrected chi connectivity index (χ1v) is 8.34. The summed E-state index contributed by atoms with van der Waals surface area (Å²) < 4.78 is 19.7. The maximum atomic E-state index is 13.9. The number of nitrogens with zero attached hydrogens (tertiary/aromatic N) is 1. The summed E-state index contributed by atoms with van der Waals surface area (Å²) in [5, 5.41) is 0. The highest BCUT2D eigenvalue weighted by Crippen LogP contribution is 2.42. The molecule has 1 aromatic heterocycles. The van der Waals surface area contributed by atoms with E-state index in [1.54, 1.807) is 25.2 Å². The molecule has 0 fully saturated rings. The minimum atomic E-state index is -0.414. The third-order valence-corrected chi connectivity index (χ3v) is 5.25. The summed E-state index contributed by atoms with van der Waals surface area (Å²) in [5.74, 6) is 0.189. The molecule has 0 saturated carbocycles. The van der Waals surface area contributed by atoms with E-state index in [4.69, 9.17) is 4.74 Å². The summed E-state index contributed by atoms with van der Waals surface area (Å²) in [6, 6.07) is 15.9. The Morgan fingerprint density at radius 2 is 1.92 bits per heavy atom. The number of para-hydroxylation sites is 2. The molecule has 1 amide bonds. The van der Waals surface area contributed by atoms with E-state index in [-0.39, 0.29) is 11.6 Å². The number of hydrogen-bond donors (Lipinski definition) is 0. The van der Waals surface area contributed by atoms with Crippen molar-refractivity contribution in [2.24, 2.45) is 0 Å². The Balaban J connectivity index is 1.71. The SMILES string of the molecule is CN(C(=O)c1cc2c(s1)-c1ccccc1OC2)c1ccccc1F. The molecule has 3 aromatic rings. The number of thiophene rings is 1. The summed E-state index contributed by atoms with van der Waals surface area (Å²) >= 11 is 1.42. The topological polar surface area (TPSA) is 29.5 Å². The molecule has 0 spiro atoms. The predicted octanol–water partition coefficient (Wildman–Crippen LogP) is 4.72. The molecule has 1 aliphatic rings. The van der Waals surface area contributed by atoms with Crippen LogP contribution in [0.1, 0.15) is 15.2 Å². The summed E-state index contributed by atoms with van der Waals surface area (Å²) in [7, 11) is 1.59. The van der Waals surface area contributed by atoms with Gasteiger partial charge < -0.3 is 9.64 Å². The molecular formula is C19H14FNO2S. The Morgan fingerprint density at radius 3 is 2.75 bits per heavy atom. The van der Waals surface area contributed by atoms with Crippen LogP contribution in [-0.2, 0) is 6.61 Å². The first-order valence-electron chi connectivity index (χ1n) is 7.52. The molecule has 2 aromatic carbocycles. The van der Waals surface area contributed by atoms with Crippen molar-refractivity contribution in [1.29, 1.82) is 0 Å². The standard InChI is InChI=1S/C19H14FNO2S/c1-21(15-8-4-3-7-14(15)20)19(22)17-10-12-11-23-16-9-5-2-6-13(16)18(12)24-17/h2-10H,11H2,1H3. The lowest BCUT2D eigenvalue weighted by Crippen LogP contribution is -2.26. The summed E-state index contributed by atoms with van der Waals surface area (Å²) in [5.41, 5.74) is 2.26. The molecule has 5 heteroatoms. The Hall–Kier alpha value is -2.66. The van der Waals surface area contributed by atoms with Gasteiger partial charge in [-0.25, -0.2) is 4.39 Å². The fraction of sp³-hybridized carbons (Fsp3) is 0.105. The molecule has 120 valence electrons. The van der Waals surface area contributed by atoms with Gasteiger partial charge in [0.25, 0.3) is 5.91 Å². The first-order chi connectivity index (χ1) is 11.6. The normalized spacial score (nSPS) is 12.1. The number of benzene rings is 2. The Bertz CT molecular complexity index is 935. The van der Waals surface area contributed by atoms with Crippen LogP contribution in [0.15, 0.2) is 54.6 Å². The van der Waals surface area contributed by atoms with Crippen molar-refractivity contribution >= 4 is 22.9 Å². The number of ether oxygens (including phenoxy) is 1. The second kappa shape index (κ2) is 5.76. The molecule has 0 atom stereocenters. The fourth-order valence-electron chi connectivity index (χ4n) is 2.80. The number of carbonyl (C=O) groups excluding carboxylic acids is 1. The van der Waals surface area contributed by atoms with Crippen LogP contribution in [0, 0.1) is 5.82 Å². The summed E-state index contributed by atoms with van der Waals surface area (Å²) in [6.07, 6.45) is 0. The summed E-state index contributed by atoms with van der Waals surface area (Å²) in [4.78, 5) is 15.7. The number of carbonyl (C=O) groups is 1. The number of amides is 1. The molecule has 0 saturated heterocycles. The number of hydrogen-bond acceptors (Lipinski definition) is 3. The molecule has 0 N–H and O–H groups in total. The number of halogens is 1. The van der Waals surface area contributed by atoms with Crippen molar-refractivity contribution in [3.63, 3.8) is 0 Å². The lowest BCUT2D eigenvalue weighted by atomic mass is 10.1. The highest BCUT2D eigenvalue weighted by molar-refractivity contribution is 7.17. The minimum Gasteiger partial charge on any atom is -0.488 e. The monoisotopic (exact) mass is 339 g/mol. The van der Waals surface area contributed by atoms with Gasteiger partial charge in [-0.1, -0.05) is 24.3 Å². The van der Waals surface area contributed by atoms with Gasteiger partial charge in [0.1, 0.15) is 18.2 Å². The van der Waals surface area contributed by atoms with E-state index >= 15 is 0 Å². The van der Waals surface area contributed by atoms with Crippen molar-refractivity contribution in [2.75, 3.05) is 11.9 Å². The Morgan fingerprint density at radius 1 is 1.17 bits per heavy atom. The molecular weight excluding hydrogens is 325 g/mol. The van der Waals surface area contributed by atoms with Gasteiger partial charge in [-0.3, -0.25) is 4.79 Å². The van der Waals surface area contributed by atoms with E-state index in [2.05, 4.69) is 0 Å². The van der Waals surface area contributed by atoms with E-state index in [9.17, 15) is 9.18 Å². The van der Waals surface area contributed by atoms with Crippen LogP contribution in [-0.4, -0.2) is 13.0 Å². The molecule has 0 radical (unpaired) electrons. The van der Waals surface area contributed by atoms with Crippen molar-refractivity contribution in [3.05, 3.63) is 70.9 Å². The van der Waals surface area contributed by atoms with Gasteiger partial charge in [-0.2, -0.15) is 0 Å². The van der Waals surface area contributed by atoms with Crippen LogP contribution in [0.4, 0.5) is 10.1 Å². The van der Waals surface area contributed by atoms with E-state index < -0.39 is 5.82 Å². The van der Waals surface area contributed by atoms with Gasteiger partial charge in [-0.15, -0.1) is 11.3 Å². The molecule has 24 heavy (non-hydrogen) atoms. The zero-order valence-electron chi connectivity index (χ0n) is 13.0. The first kappa shape index (κ1) is 14.9. The van der Waals surface area contributed by atoms with Crippen molar-refractivity contribution in [1.82, 2.24) is 0 Å². The van der Waals surface area contributed by atoms with Crippen LogP contribution < -0.4 is 9.64 Å². The highest BCUT2D eigenvalue weighted by atomic mass is 32.1. The molecule has 2 heterocycles. The predicted molar refractivity (Wildman–Crippen MR) is 93.2 cm³/mol. The molecule has 4 rings (SSSR count). The van der Waals surface area contributed by atoms with Crippen LogP contribution in [0.3, 0.4) is 0 Å². The zero-order valence-corrected chi connectivity index (χ0v) is 13.8. The van der Waals surface area contributed by atoms with Crippen LogP contribution in [0.25, 0.3) is 10.4 Å². The van der Waals surface area contributed by atoms with Crippen molar-refractivity contribution < 1.29 is 13.9 Å². The number of rotatable bonds is 2. The average molecular weight is 339 g/mol. The molecule has 0 aliphatic carbocycles. The number of fused-ring (bicyclic) bond motifs is 3. The van der Waals surface area contributed by atoms with Gasteiger partial charge in [0.05, 0.1) is 10.6 Å². The molecule has 3 nitrogen and oxygen atoms in total. The van der Waals surface area contributed by atoms with E-state index in [0.29, 0.717) is 11.5 Å². The highest BCUT2D eigenvalue weighted by Gasteiger charge is 2.24. The van der Waals surface area contributed by atoms with Crippen molar-refractivity contribution in [3.8, 4) is 16.2 Å². The van der Waals surface area contributed by atoms with Crippen LogP contribution in [0.5, 0.6) is 5.75 Å². The van der Waals surface area contributed by atoms with E-state index in [1.165, 1.54) is 22.3 Å². The van der Waals surface area contributed by atoms with Gasteiger partial charge in [0, 0.05) is 23.1 Å². The van der Waals surface area contributed by atoms with Crippen LogP contribution in [0.2, 0.25) is 0 Å². The summed E-state index contributed by atoms with van der Waals surface area (Å²) in [6.45, 7) is 0.444. The van der Waals surface area contributed by atoms with Crippen molar-refractivity contribution in [2.45, 2.75) is 6.61 Å². The second-order valence-electron chi connectivity index (χ2n) is 5.57. The zero-order chi connectivity index (χ0) is 16.7. The lowest BCUT2D eigenvalue weighted by molar-refractivity contribution is 0.0996.